The van der Waals surface area contributed by atoms with Crippen LogP contribution in [-0.2, 0) is 56.9 Å². The van der Waals surface area contributed by atoms with Crippen LogP contribution in [0.2, 0.25) is 0 Å². The number of benzene rings is 4. The number of hydrogen-bond donors (Lipinski definition) is 0. The van der Waals surface area contributed by atoms with E-state index in [2.05, 4.69) is 6.58 Å². The third kappa shape index (κ3) is 9.30. The van der Waals surface area contributed by atoms with Crippen molar-refractivity contribution < 1.29 is 66.5 Å². The standard InChI is InChI=1S/C45H44O14/c1-3-24-49-44-38(55-40(47)28-16-8-4-9-17-28)37(35-32(53-44)25-50-43(58-35)31-22-14-7-15-23-31)59-45-39(56-41(48)29-18-10-5-11-19-29)36(52-27(2)46)34-33(54-45)26-51-42(57-34)30-20-12-6-13-21-30/h3-23,32-39,42-45H,1,24-26H2,2H3/t32-,33-,34-,35-,36+,37+,38-,39-,42-,43-,44?,45+/m1/s1. The van der Waals surface area contributed by atoms with E-state index in [1.54, 1.807) is 60.7 Å². The minimum Gasteiger partial charge on any atom is -0.455 e. The van der Waals surface area contributed by atoms with E-state index in [-0.39, 0.29) is 30.9 Å². The molecule has 8 rings (SSSR count). The molecule has 0 saturated carbocycles. The Morgan fingerprint density at radius 2 is 1.02 bits per heavy atom. The molecule has 308 valence electrons. The van der Waals surface area contributed by atoms with Crippen molar-refractivity contribution in [3.8, 4) is 0 Å². The lowest BCUT2D eigenvalue weighted by atomic mass is 9.95. The SMILES string of the molecule is C=CCOC1O[C@@H]2CO[C@@H](c3ccccc3)O[C@H]2[C@H](O[C@@H]2O[C@@H]3CO[C@@H](c4ccccc4)O[C@H]3[C@H](OC(C)=O)[C@H]2OC(=O)c2ccccc2)[C@H]1OC(=O)c1ccccc1. The summed E-state index contributed by atoms with van der Waals surface area (Å²) >= 11 is 0. The summed E-state index contributed by atoms with van der Waals surface area (Å²) in [5.74, 6) is -2.11. The summed E-state index contributed by atoms with van der Waals surface area (Å²) in [6, 6.07) is 35.3. The largest absolute Gasteiger partial charge is 0.455 e. The number of ether oxygens (including phenoxy) is 11. The highest BCUT2D eigenvalue weighted by molar-refractivity contribution is 5.90. The fourth-order valence-corrected chi connectivity index (χ4v) is 7.48. The van der Waals surface area contributed by atoms with Crippen LogP contribution in [0.1, 0.15) is 51.3 Å². The second-order valence-electron chi connectivity index (χ2n) is 14.2. The molecule has 0 aliphatic carbocycles. The molecule has 59 heavy (non-hydrogen) atoms. The Labute approximate surface area is 340 Å². The van der Waals surface area contributed by atoms with Gasteiger partial charge >= 0.3 is 17.9 Å². The van der Waals surface area contributed by atoms with Crippen molar-refractivity contribution in [3.05, 3.63) is 156 Å². The Morgan fingerprint density at radius 3 is 1.49 bits per heavy atom. The van der Waals surface area contributed by atoms with Crippen LogP contribution in [0.3, 0.4) is 0 Å². The van der Waals surface area contributed by atoms with Gasteiger partial charge in [-0.25, -0.2) is 9.59 Å². The van der Waals surface area contributed by atoms with Crippen molar-refractivity contribution >= 4 is 17.9 Å². The number of carbonyl (C=O) groups is 3. The number of hydrogen-bond acceptors (Lipinski definition) is 14. The van der Waals surface area contributed by atoms with E-state index >= 15 is 0 Å². The third-order valence-corrected chi connectivity index (χ3v) is 10.2. The van der Waals surface area contributed by atoms with Gasteiger partial charge in [-0.1, -0.05) is 103 Å². The van der Waals surface area contributed by atoms with Crippen LogP contribution in [0, 0.1) is 0 Å². The monoisotopic (exact) mass is 808 g/mol. The van der Waals surface area contributed by atoms with Gasteiger partial charge in [-0.05, 0) is 24.3 Å². The smallest absolute Gasteiger partial charge is 0.338 e. The number of fused-ring (bicyclic) bond motifs is 2. The van der Waals surface area contributed by atoms with Crippen LogP contribution in [0.15, 0.2) is 134 Å². The van der Waals surface area contributed by atoms with Gasteiger partial charge in [-0.2, -0.15) is 0 Å². The first-order valence-electron chi connectivity index (χ1n) is 19.4. The molecule has 0 amide bonds. The average Bonchev–Trinajstić information content (AvgIpc) is 3.28. The molecule has 1 unspecified atom stereocenters. The lowest BCUT2D eigenvalue weighted by molar-refractivity contribution is -0.402. The minimum absolute atomic E-state index is 0.0149. The second-order valence-corrected chi connectivity index (χ2v) is 14.2. The fraction of sp³-hybridized carbons (Fsp3) is 0.356. The third-order valence-electron chi connectivity index (χ3n) is 10.2. The molecule has 4 fully saturated rings. The summed E-state index contributed by atoms with van der Waals surface area (Å²) < 4.78 is 69.7. The van der Waals surface area contributed by atoms with E-state index in [0.717, 1.165) is 11.1 Å². The topological polar surface area (TPSA) is 153 Å². The zero-order chi connectivity index (χ0) is 40.7. The zero-order valence-electron chi connectivity index (χ0n) is 32.1. The van der Waals surface area contributed by atoms with Crippen LogP contribution < -0.4 is 0 Å². The van der Waals surface area contributed by atoms with Gasteiger partial charge in [0.25, 0.3) is 0 Å². The summed E-state index contributed by atoms with van der Waals surface area (Å²) in [5, 5.41) is 0. The molecule has 4 aromatic carbocycles. The summed E-state index contributed by atoms with van der Waals surface area (Å²) in [4.78, 5) is 40.6. The Hall–Kier alpha value is -5.29. The van der Waals surface area contributed by atoms with E-state index in [1.807, 2.05) is 60.7 Å². The first-order chi connectivity index (χ1) is 28.9. The average molecular weight is 809 g/mol. The molecule has 14 nitrogen and oxygen atoms in total. The molecule has 0 spiro atoms. The lowest BCUT2D eigenvalue weighted by Gasteiger charge is -2.52. The van der Waals surface area contributed by atoms with E-state index in [4.69, 9.17) is 52.1 Å². The van der Waals surface area contributed by atoms with Gasteiger partial charge in [0.1, 0.15) is 30.5 Å². The van der Waals surface area contributed by atoms with E-state index < -0.39 is 91.9 Å². The maximum atomic E-state index is 13.9. The molecule has 4 saturated heterocycles. The summed E-state index contributed by atoms with van der Waals surface area (Å²) in [5.41, 5.74) is 1.92. The van der Waals surface area contributed by atoms with Gasteiger partial charge < -0.3 is 52.1 Å². The maximum Gasteiger partial charge on any atom is 0.338 e. The molecule has 14 heteroatoms. The summed E-state index contributed by atoms with van der Waals surface area (Å²) in [6.45, 7) is 5.06. The van der Waals surface area contributed by atoms with Crippen LogP contribution in [0.4, 0.5) is 0 Å². The molecular weight excluding hydrogens is 764 g/mol. The maximum absolute atomic E-state index is 13.9. The van der Waals surface area contributed by atoms with Crippen molar-refractivity contribution in [2.75, 3.05) is 19.8 Å². The van der Waals surface area contributed by atoms with Crippen LogP contribution >= 0.6 is 0 Å². The predicted octanol–water partition coefficient (Wildman–Crippen LogP) is 5.64. The first-order valence-corrected chi connectivity index (χ1v) is 19.4. The molecule has 4 heterocycles. The second kappa shape index (κ2) is 18.7. The van der Waals surface area contributed by atoms with Crippen molar-refractivity contribution in [1.82, 2.24) is 0 Å². The molecule has 0 aromatic heterocycles. The van der Waals surface area contributed by atoms with Crippen molar-refractivity contribution in [1.29, 1.82) is 0 Å². The van der Waals surface area contributed by atoms with E-state index in [0.29, 0.717) is 0 Å². The molecule has 0 N–H and O–H groups in total. The van der Waals surface area contributed by atoms with Crippen molar-refractivity contribution in [3.63, 3.8) is 0 Å². The first kappa shape index (κ1) is 40.5. The minimum atomic E-state index is -1.49. The Bertz CT molecular complexity index is 2020. The highest BCUT2D eigenvalue weighted by Gasteiger charge is 2.59. The Morgan fingerprint density at radius 1 is 0.576 bits per heavy atom. The number of esters is 3. The Balaban J connectivity index is 1.18. The van der Waals surface area contributed by atoms with Crippen LogP contribution in [0.5, 0.6) is 0 Å². The molecule has 0 bridgehead atoms. The summed E-state index contributed by atoms with van der Waals surface area (Å²) in [6.07, 6.45) is -11.8. The number of rotatable bonds is 12. The van der Waals surface area contributed by atoms with Gasteiger partial charge in [0.15, 0.2) is 43.5 Å². The molecule has 12 atom stereocenters. The normalized spacial score (nSPS) is 31.4. The zero-order valence-corrected chi connectivity index (χ0v) is 32.1. The van der Waals surface area contributed by atoms with Crippen molar-refractivity contribution in [2.45, 2.75) is 80.9 Å². The van der Waals surface area contributed by atoms with E-state index in [9.17, 15) is 14.4 Å². The van der Waals surface area contributed by atoms with Gasteiger partial charge in [0, 0.05) is 18.1 Å². The Kier molecular flexibility index (Phi) is 12.9. The molecule has 4 aliphatic rings. The van der Waals surface area contributed by atoms with Gasteiger partial charge in [-0.15, -0.1) is 6.58 Å². The lowest BCUT2D eigenvalue weighted by Crippen LogP contribution is -2.68. The van der Waals surface area contributed by atoms with Crippen LogP contribution in [-0.4, -0.2) is 99.1 Å². The highest BCUT2D eigenvalue weighted by atomic mass is 16.8. The predicted molar refractivity (Wildman–Crippen MR) is 205 cm³/mol. The molecule has 4 aromatic rings. The van der Waals surface area contributed by atoms with Crippen molar-refractivity contribution in [2.24, 2.45) is 0 Å². The molecule has 4 aliphatic heterocycles. The fourth-order valence-electron chi connectivity index (χ4n) is 7.48. The quantitative estimate of drug-likeness (QED) is 0.0987. The highest BCUT2D eigenvalue weighted by Crippen LogP contribution is 2.41. The molecular formula is C45H44O14. The molecule has 0 radical (unpaired) electrons. The van der Waals surface area contributed by atoms with Crippen LogP contribution in [0.25, 0.3) is 0 Å². The van der Waals surface area contributed by atoms with Gasteiger partial charge in [0.05, 0.1) is 30.9 Å². The summed E-state index contributed by atoms with van der Waals surface area (Å²) in [7, 11) is 0. The van der Waals surface area contributed by atoms with E-state index in [1.165, 1.54) is 13.0 Å². The van der Waals surface area contributed by atoms with Gasteiger partial charge in [0.2, 0.25) is 0 Å². The number of carbonyl (C=O) groups excluding carboxylic acids is 3. The van der Waals surface area contributed by atoms with Gasteiger partial charge in [-0.3, -0.25) is 4.79 Å².